The molecule has 3 rings (SSSR count). The van der Waals surface area contributed by atoms with Crippen LogP contribution in [0.5, 0.6) is 0 Å². The maximum atomic E-state index is 4.39. The number of halogens is 1. The highest BCUT2D eigenvalue weighted by molar-refractivity contribution is 9.10. The van der Waals surface area contributed by atoms with E-state index in [0.29, 0.717) is 0 Å². The number of rotatable bonds is 4. The second-order valence-electron chi connectivity index (χ2n) is 4.39. The molecule has 1 N–H and O–H groups in total. The minimum Gasteiger partial charge on any atom is -0.369 e. The molecule has 0 unspecified atom stereocenters. The van der Waals surface area contributed by atoms with E-state index >= 15 is 0 Å². The molecule has 0 aliphatic rings. The highest BCUT2D eigenvalue weighted by atomic mass is 79.9. The number of aromatic nitrogens is 4. The quantitative estimate of drug-likeness (QED) is 0.796. The molecule has 3 aromatic rings. The number of anilines is 1. The summed E-state index contributed by atoms with van der Waals surface area (Å²) in [5.41, 5.74) is 1.97. The van der Waals surface area contributed by atoms with Crippen LogP contribution in [0.1, 0.15) is 13.3 Å². The van der Waals surface area contributed by atoms with Gasteiger partial charge in [0.15, 0.2) is 5.82 Å². The summed E-state index contributed by atoms with van der Waals surface area (Å²) < 4.78 is 2.80. The van der Waals surface area contributed by atoms with Crippen molar-refractivity contribution in [3.05, 3.63) is 41.4 Å². The van der Waals surface area contributed by atoms with Crippen LogP contribution in [0.15, 0.2) is 41.4 Å². The van der Waals surface area contributed by atoms with Crippen LogP contribution in [0.25, 0.3) is 16.9 Å². The van der Waals surface area contributed by atoms with Gasteiger partial charge in [0.25, 0.3) is 0 Å². The Morgan fingerprint density at radius 1 is 1.20 bits per heavy atom. The van der Waals surface area contributed by atoms with Crippen molar-refractivity contribution in [3.8, 4) is 5.82 Å². The SMILES string of the molecule is CCCNc1ncnc(-n2cnc3ccccc32)c1Br. The van der Waals surface area contributed by atoms with Crippen molar-refractivity contribution >= 4 is 32.8 Å². The molecule has 2 aromatic heterocycles. The molecule has 0 spiro atoms. The smallest absolute Gasteiger partial charge is 0.158 e. The molecular formula is C14H14BrN5. The lowest BCUT2D eigenvalue weighted by molar-refractivity contribution is 0.943. The maximum Gasteiger partial charge on any atom is 0.158 e. The molecule has 0 bridgehead atoms. The largest absolute Gasteiger partial charge is 0.369 e. The van der Waals surface area contributed by atoms with Crippen molar-refractivity contribution in [2.45, 2.75) is 13.3 Å². The zero-order valence-corrected chi connectivity index (χ0v) is 12.6. The predicted octanol–water partition coefficient (Wildman–Crippen LogP) is 3.40. The summed E-state index contributed by atoms with van der Waals surface area (Å²) in [7, 11) is 0. The van der Waals surface area contributed by atoms with Gasteiger partial charge in [0, 0.05) is 6.54 Å². The Bertz CT molecular complexity index is 737. The molecule has 0 saturated heterocycles. The number of para-hydroxylation sites is 2. The Morgan fingerprint density at radius 2 is 2.05 bits per heavy atom. The lowest BCUT2D eigenvalue weighted by atomic mass is 10.3. The van der Waals surface area contributed by atoms with E-state index in [2.05, 4.69) is 43.1 Å². The first-order valence-electron chi connectivity index (χ1n) is 6.48. The van der Waals surface area contributed by atoms with Crippen molar-refractivity contribution in [2.75, 3.05) is 11.9 Å². The Balaban J connectivity index is 2.10. The van der Waals surface area contributed by atoms with Crippen LogP contribution < -0.4 is 5.32 Å². The monoisotopic (exact) mass is 331 g/mol. The summed E-state index contributed by atoms with van der Waals surface area (Å²) in [4.78, 5) is 13.0. The highest BCUT2D eigenvalue weighted by Gasteiger charge is 2.12. The van der Waals surface area contributed by atoms with Crippen molar-refractivity contribution in [2.24, 2.45) is 0 Å². The van der Waals surface area contributed by atoms with Crippen molar-refractivity contribution < 1.29 is 0 Å². The van der Waals surface area contributed by atoms with Gasteiger partial charge in [0.1, 0.15) is 22.9 Å². The molecule has 0 amide bonds. The average molecular weight is 332 g/mol. The Labute approximate surface area is 125 Å². The van der Waals surface area contributed by atoms with Gasteiger partial charge in [-0.15, -0.1) is 0 Å². The molecule has 0 radical (unpaired) electrons. The van der Waals surface area contributed by atoms with E-state index in [4.69, 9.17) is 0 Å². The molecular weight excluding hydrogens is 318 g/mol. The van der Waals surface area contributed by atoms with Crippen LogP contribution in [-0.4, -0.2) is 26.1 Å². The maximum absolute atomic E-state index is 4.39. The lowest BCUT2D eigenvalue weighted by Crippen LogP contribution is -2.06. The summed E-state index contributed by atoms with van der Waals surface area (Å²) in [5, 5.41) is 3.28. The summed E-state index contributed by atoms with van der Waals surface area (Å²) in [6, 6.07) is 7.97. The summed E-state index contributed by atoms with van der Waals surface area (Å²) >= 11 is 3.58. The number of nitrogens with one attached hydrogen (secondary N) is 1. The fourth-order valence-electron chi connectivity index (χ4n) is 2.02. The molecule has 5 nitrogen and oxygen atoms in total. The van der Waals surface area contributed by atoms with Gasteiger partial charge in [0.05, 0.1) is 11.0 Å². The molecule has 0 saturated carbocycles. The summed E-state index contributed by atoms with van der Waals surface area (Å²) in [6.07, 6.45) is 4.38. The average Bonchev–Trinajstić information content (AvgIpc) is 2.90. The van der Waals surface area contributed by atoms with Crippen LogP contribution in [0, 0.1) is 0 Å². The van der Waals surface area contributed by atoms with Crippen molar-refractivity contribution in [3.63, 3.8) is 0 Å². The van der Waals surface area contributed by atoms with Crippen LogP contribution in [-0.2, 0) is 0 Å². The molecule has 2 heterocycles. The number of nitrogens with zero attached hydrogens (tertiary/aromatic N) is 4. The Kier molecular flexibility index (Phi) is 3.64. The Hall–Kier alpha value is -1.95. The van der Waals surface area contributed by atoms with Gasteiger partial charge in [-0.2, -0.15) is 0 Å². The lowest BCUT2D eigenvalue weighted by Gasteiger charge is -2.10. The summed E-state index contributed by atoms with van der Waals surface area (Å²) in [6.45, 7) is 2.99. The molecule has 0 aliphatic carbocycles. The number of hydrogen-bond acceptors (Lipinski definition) is 4. The van der Waals surface area contributed by atoms with Crippen molar-refractivity contribution in [1.82, 2.24) is 19.5 Å². The normalized spacial score (nSPS) is 10.9. The van der Waals surface area contributed by atoms with Gasteiger partial charge >= 0.3 is 0 Å². The number of fused-ring (bicyclic) bond motifs is 1. The van der Waals surface area contributed by atoms with Gasteiger partial charge < -0.3 is 5.32 Å². The third-order valence-electron chi connectivity index (χ3n) is 3.00. The number of benzene rings is 1. The third kappa shape index (κ3) is 2.27. The van der Waals surface area contributed by atoms with Gasteiger partial charge in [-0.3, -0.25) is 4.57 Å². The minimum absolute atomic E-state index is 0.785. The van der Waals surface area contributed by atoms with Gasteiger partial charge in [-0.25, -0.2) is 15.0 Å². The van der Waals surface area contributed by atoms with Crippen LogP contribution in [0.4, 0.5) is 5.82 Å². The highest BCUT2D eigenvalue weighted by Crippen LogP contribution is 2.27. The van der Waals surface area contributed by atoms with E-state index in [-0.39, 0.29) is 0 Å². The molecule has 102 valence electrons. The fraction of sp³-hybridized carbons (Fsp3) is 0.214. The van der Waals surface area contributed by atoms with E-state index in [9.17, 15) is 0 Å². The third-order valence-corrected chi connectivity index (χ3v) is 3.73. The van der Waals surface area contributed by atoms with E-state index in [1.54, 1.807) is 12.7 Å². The van der Waals surface area contributed by atoms with E-state index in [1.807, 2.05) is 28.8 Å². The first-order chi connectivity index (χ1) is 9.81. The van der Waals surface area contributed by atoms with Crippen LogP contribution in [0.3, 0.4) is 0 Å². The second-order valence-corrected chi connectivity index (χ2v) is 5.18. The number of imidazole rings is 1. The van der Waals surface area contributed by atoms with Gasteiger partial charge in [0.2, 0.25) is 0 Å². The molecule has 0 aliphatic heterocycles. The topological polar surface area (TPSA) is 55.6 Å². The van der Waals surface area contributed by atoms with E-state index < -0.39 is 0 Å². The predicted molar refractivity (Wildman–Crippen MR) is 83.1 cm³/mol. The van der Waals surface area contributed by atoms with E-state index in [0.717, 1.165) is 40.1 Å². The van der Waals surface area contributed by atoms with Gasteiger partial charge in [-0.05, 0) is 34.5 Å². The molecule has 0 fully saturated rings. The molecule has 1 aromatic carbocycles. The fourth-order valence-corrected chi connectivity index (χ4v) is 2.56. The zero-order valence-electron chi connectivity index (χ0n) is 11.0. The second kappa shape index (κ2) is 5.58. The summed E-state index contributed by atoms with van der Waals surface area (Å²) in [5.74, 6) is 1.59. The van der Waals surface area contributed by atoms with E-state index in [1.165, 1.54) is 0 Å². The van der Waals surface area contributed by atoms with Crippen LogP contribution in [0.2, 0.25) is 0 Å². The zero-order chi connectivity index (χ0) is 13.9. The van der Waals surface area contributed by atoms with Gasteiger partial charge in [-0.1, -0.05) is 19.1 Å². The first-order valence-corrected chi connectivity index (χ1v) is 7.27. The molecule has 20 heavy (non-hydrogen) atoms. The number of hydrogen-bond donors (Lipinski definition) is 1. The standard InChI is InChI=1S/C14H14BrN5/c1-2-7-16-13-12(15)14(18-8-17-13)20-9-19-10-5-3-4-6-11(10)20/h3-6,8-9H,2,7H2,1H3,(H,16,17,18). The molecule has 0 atom stereocenters. The minimum atomic E-state index is 0.785. The van der Waals surface area contributed by atoms with Crippen LogP contribution >= 0.6 is 15.9 Å². The molecule has 6 heteroatoms. The first kappa shape index (κ1) is 13.1. The Morgan fingerprint density at radius 3 is 2.90 bits per heavy atom. The van der Waals surface area contributed by atoms with Crippen molar-refractivity contribution in [1.29, 1.82) is 0 Å².